The van der Waals surface area contributed by atoms with Crippen molar-refractivity contribution in [3.63, 3.8) is 0 Å². The lowest BCUT2D eigenvalue weighted by Gasteiger charge is -2.14. The van der Waals surface area contributed by atoms with Gasteiger partial charge in [-0.25, -0.2) is 4.98 Å². The third-order valence-corrected chi connectivity index (χ3v) is 12.1. The Morgan fingerprint density at radius 3 is 1.64 bits per heavy atom. The van der Waals surface area contributed by atoms with E-state index in [1.165, 1.54) is 81.7 Å². The van der Waals surface area contributed by atoms with Crippen LogP contribution >= 0.6 is 0 Å². The molecule has 0 saturated heterocycles. The van der Waals surface area contributed by atoms with Gasteiger partial charge in [-0.2, -0.15) is 9.97 Å². The van der Waals surface area contributed by atoms with E-state index in [1.54, 1.807) is 0 Å². The zero-order chi connectivity index (χ0) is 37.9. The van der Waals surface area contributed by atoms with Gasteiger partial charge in [-0.3, -0.25) is 4.57 Å². The van der Waals surface area contributed by atoms with Crippen LogP contribution in [0.2, 0.25) is 0 Å². The third kappa shape index (κ3) is 4.38. The summed E-state index contributed by atoms with van der Waals surface area (Å²) in [4.78, 5) is 15.4. The molecule has 3 heterocycles. The van der Waals surface area contributed by atoms with E-state index >= 15 is 0 Å². The fraction of sp³-hybridized carbons (Fsp3) is 0. The molecule has 0 bridgehead atoms. The standard InChI is InChI=1S/C53H31N5/c1-3-13-35(14-4-1)51-54-52(36-15-5-2-6-16-36)56-53(55-51)58-44-23-11-19-34-26-27-41-39(28-29-45(58)50(41)48(34)44)38-30-37-25-24-33-18-10-22-43-47(33)49(37)46(31-38)57(43)42-21-9-17-32-12-7-8-20-40(32)42/h1-31H. The average Bonchev–Trinajstić information content (AvgIpc) is 3.82. The van der Waals surface area contributed by atoms with Gasteiger partial charge < -0.3 is 4.57 Å². The van der Waals surface area contributed by atoms with Gasteiger partial charge in [0.1, 0.15) is 0 Å². The highest BCUT2D eigenvalue weighted by atomic mass is 15.2. The minimum atomic E-state index is 0.594. The summed E-state index contributed by atoms with van der Waals surface area (Å²) in [6.07, 6.45) is 0. The van der Waals surface area contributed by atoms with Crippen molar-refractivity contribution in [1.29, 1.82) is 0 Å². The number of hydrogen-bond donors (Lipinski definition) is 0. The van der Waals surface area contributed by atoms with Gasteiger partial charge in [0.05, 0.1) is 27.8 Å². The molecule has 268 valence electrons. The van der Waals surface area contributed by atoms with Crippen molar-refractivity contribution in [1.82, 2.24) is 24.1 Å². The molecule has 0 aliphatic carbocycles. The SMILES string of the molecule is c1ccc(-c2nc(-c3ccccc3)nc(-n3c4cccc5ccc6c(-c7cc8ccc9cccc%10c9c8c(c7)n%10-c7cccc8ccccc78)ccc3c6c54)n2)cc1. The normalized spacial score (nSPS) is 12.1. The Bertz CT molecular complexity index is 3670. The molecule has 0 aliphatic heterocycles. The van der Waals surface area contributed by atoms with Crippen molar-refractivity contribution in [2.75, 3.05) is 0 Å². The van der Waals surface area contributed by atoms with E-state index in [2.05, 4.69) is 161 Å². The Hall–Kier alpha value is -7.89. The van der Waals surface area contributed by atoms with E-state index in [4.69, 9.17) is 15.0 Å². The topological polar surface area (TPSA) is 48.5 Å². The molecule has 0 atom stereocenters. The molecule has 0 fully saturated rings. The van der Waals surface area contributed by atoms with Gasteiger partial charge >= 0.3 is 0 Å². The first kappa shape index (κ1) is 31.3. The molecule has 0 N–H and O–H groups in total. The van der Waals surface area contributed by atoms with E-state index in [1.807, 2.05) is 36.4 Å². The highest BCUT2D eigenvalue weighted by molar-refractivity contribution is 6.28. The van der Waals surface area contributed by atoms with E-state index in [9.17, 15) is 0 Å². The number of benzene rings is 10. The van der Waals surface area contributed by atoms with Crippen LogP contribution in [0, 0.1) is 0 Å². The molecule has 0 saturated carbocycles. The summed E-state index contributed by atoms with van der Waals surface area (Å²) in [5, 5.41) is 12.3. The van der Waals surface area contributed by atoms with Gasteiger partial charge in [-0.15, -0.1) is 0 Å². The average molecular weight is 738 g/mol. The van der Waals surface area contributed by atoms with Crippen LogP contribution < -0.4 is 0 Å². The van der Waals surface area contributed by atoms with Crippen molar-refractivity contribution in [2.24, 2.45) is 0 Å². The Morgan fingerprint density at radius 2 is 0.879 bits per heavy atom. The predicted molar refractivity (Wildman–Crippen MR) is 240 cm³/mol. The van der Waals surface area contributed by atoms with Crippen LogP contribution in [0.1, 0.15) is 0 Å². The Balaban J connectivity index is 1.09. The van der Waals surface area contributed by atoms with Crippen LogP contribution in [0.25, 0.3) is 121 Å². The van der Waals surface area contributed by atoms with Crippen LogP contribution in [0.4, 0.5) is 0 Å². The number of rotatable bonds is 5. The molecule has 0 amide bonds. The highest BCUT2D eigenvalue weighted by Gasteiger charge is 2.24. The lowest BCUT2D eigenvalue weighted by Crippen LogP contribution is -2.06. The number of hydrogen-bond acceptors (Lipinski definition) is 3. The summed E-state index contributed by atoms with van der Waals surface area (Å²) in [7, 11) is 0. The minimum absolute atomic E-state index is 0.594. The Kier molecular flexibility index (Phi) is 6.38. The maximum Gasteiger partial charge on any atom is 0.238 e. The van der Waals surface area contributed by atoms with Crippen molar-refractivity contribution >= 4 is 75.9 Å². The number of nitrogens with zero attached hydrogens (tertiary/aromatic N) is 5. The molecule has 10 aromatic carbocycles. The molecule has 58 heavy (non-hydrogen) atoms. The predicted octanol–water partition coefficient (Wildman–Crippen LogP) is 13.4. The van der Waals surface area contributed by atoms with E-state index in [0.717, 1.165) is 22.2 Å². The monoisotopic (exact) mass is 737 g/mol. The molecule has 0 radical (unpaired) electrons. The lowest BCUT2D eigenvalue weighted by molar-refractivity contribution is 0.954. The maximum absolute atomic E-state index is 5.19. The summed E-state index contributed by atoms with van der Waals surface area (Å²) >= 11 is 0. The molecule has 0 unspecified atom stereocenters. The fourth-order valence-electron chi connectivity index (χ4n) is 9.56. The van der Waals surface area contributed by atoms with Gasteiger partial charge in [0.25, 0.3) is 0 Å². The van der Waals surface area contributed by atoms with Crippen LogP contribution in [-0.2, 0) is 0 Å². The summed E-state index contributed by atoms with van der Waals surface area (Å²) < 4.78 is 4.71. The first-order valence-electron chi connectivity index (χ1n) is 19.7. The van der Waals surface area contributed by atoms with Crippen molar-refractivity contribution in [3.05, 3.63) is 188 Å². The Morgan fingerprint density at radius 1 is 0.310 bits per heavy atom. The van der Waals surface area contributed by atoms with Gasteiger partial charge in [0.2, 0.25) is 5.95 Å². The molecular weight excluding hydrogens is 707 g/mol. The number of fused-ring (bicyclic) bond motifs is 1. The van der Waals surface area contributed by atoms with Gasteiger partial charge in [0, 0.05) is 38.1 Å². The second-order valence-electron chi connectivity index (χ2n) is 15.2. The molecule has 13 aromatic rings. The Labute approximate surface area is 332 Å². The van der Waals surface area contributed by atoms with Crippen LogP contribution in [0.15, 0.2) is 188 Å². The molecule has 0 aliphatic rings. The van der Waals surface area contributed by atoms with Crippen molar-refractivity contribution < 1.29 is 0 Å². The number of aromatic nitrogens is 5. The quantitative estimate of drug-likeness (QED) is 0.165. The summed E-state index contributed by atoms with van der Waals surface area (Å²) in [5.74, 6) is 1.87. The zero-order valence-electron chi connectivity index (χ0n) is 31.1. The van der Waals surface area contributed by atoms with Crippen LogP contribution in [0.3, 0.4) is 0 Å². The van der Waals surface area contributed by atoms with Crippen molar-refractivity contribution in [2.45, 2.75) is 0 Å². The van der Waals surface area contributed by atoms with Gasteiger partial charge in [0.15, 0.2) is 11.6 Å². The minimum Gasteiger partial charge on any atom is -0.309 e. The second kappa shape index (κ2) is 11.8. The first-order valence-corrected chi connectivity index (χ1v) is 19.7. The molecule has 5 heteroatoms. The van der Waals surface area contributed by atoms with Crippen molar-refractivity contribution in [3.8, 4) is 45.5 Å². The summed E-state index contributed by atoms with van der Waals surface area (Å²) in [5.41, 5.74) is 10.0. The first-order chi connectivity index (χ1) is 28.8. The largest absolute Gasteiger partial charge is 0.309 e. The zero-order valence-corrected chi connectivity index (χ0v) is 31.1. The summed E-state index contributed by atoms with van der Waals surface area (Å²) in [6.45, 7) is 0. The van der Waals surface area contributed by atoms with Crippen LogP contribution in [-0.4, -0.2) is 24.1 Å². The second-order valence-corrected chi connectivity index (χ2v) is 15.2. The van der Waals surface area contributed by atoms with Gasteiger partial charge in [-0.1, -0.05) is 152 Å². The smallest absolute Gasteiger partial charge is 0.238 e. The van der Waals surface area contributed by atoms with E-state index in [0.29, 0.717) is 17.6 Å². The molecule has 13 rings (SSSR count). The lowest BCUT2D eigenvalue weighted by atomic mass is 9.92. The molecular formula is C53H31N5. The van der Waals surface area contributed by atoms with E-state index in [-0.39, 0.29) is 0 Å². The fourth-order valence-corrected chi connectivity index (χ4v) is 9.56. The third-order valence-electron chi connectivity index (χ3n) is 12.1. The van der Waals surface area contributed by atoms with E-state index < -0.39 is 0 Å². The van der Waals surface area contributed by atoms with Crippen LogP contribution in [0.5, 0.6) is 0 Å². The van der Waals surface area contributed by atoms with Gasteiger partial charge in [-0.05, 0) is 74.5 Å². The highest BCUT2D eigenvalue weighted by Crippen LogP contribution is 2.46. The molecule has 3 aromatic heterocycles. The molecule has 0 spiro atoms. The maximum atomic E-state index is 5.19. The molecule has 5 nitrogen and oxygen atoms in total. The summed E-state index contributed by atoms with van der Waals surface area (Å²) in [6, 6.07) is 67.4.